The second kappa shape index (κ2) is 11.3. The molecule has 0 bridgehead atoms. The van der Waals surface area contributed by atoms with Crippen molar-refractivity contribution in [3.63, 3.8) is 0 Å². The third kappa shape index (κ3) is 5.53. The highest BCUT2D eigenvalue weighted by molar-refractivity contribution is 5.96. The number of carbonyl (C=O) groups excluding carboxylic acids is 1. The molecule has 41 heavy (non-hydrogen) atoms. The van der Waals surface area contributed by atoms with Crippen molar-refractivity contribution >= 4 is 17.5 Å². The summed E-state index contributed by atoms with van der Waals surface area (Å²) in [6.45, 7) is 11.1. The number of hydrogen-bond donors (Lipinski definition) is 0. The first kappa shape index (κ1) is 26.9. The van der Waals surface area contributed by atoms with E-state index in [1.807, 2.05) is 36.1 Å². The molecule has 2 aromatic carbocycles. The highest BCUT2D eigenvalue weighted by Gasteiger charge is 2.33. The van der Waals surface area contributed by atoms with Crippen LogP contribution in [0, 0.1) is 37.5 Å². The second-order valence-electron chi connectivity index (χ2n) is 11.4. The lowest BCUT2D eigenvalue weighted by Crippen LogP contribution is -2.49. The molecule has 2 saturated heterocycles. The number of aryl methyl sites for hydroxylation is 2. The van der Waals surface area contributed by atoms with Crippen molar-refractivity contribution in [2.24, 2.45) is 0 Å². The Morgan fingerprint density at radius 2 is 1.71 bits per heavy atom. The molecule has 3 fully saturated rings. The van der Waals surface area contributed by atoms with Gasteiger partial charge in [-0.05, 0) is 67.5 Å². The minimum atomic E-state index is 0.0785. The van der Waals surface area contributed by atoms with Crippen LogP contribution in [0.2, 0.25) is 0 Å². The molecule has 2 aliphatic heterocycles. The lowest BCUT2D eigenvalue weighted by atomic mass is 9.98. The molecule has 6 rings (SSSR count). The SMILES string of the molecule is C#Cc1nc(C2CC2)oc1N1CCN(C(=O)c2cc(CN3CCN(c4ccccc4C#N)CC3)c(C)cc2C)CC1. The van der Waals surface area contributed by atoms with Crippen LogP contribution in [0.4, 0.5) is 11.6 Å². The molecule has 1 aromatic heterocycles. The van der Waals surface area contributed by atoms with Gasteiger partial charge in [0, 0.05) is 70.4 Å². The first-order valence-electron chi connectivity index (χ1n) is 14.5. The number of rotatable bonds is 6. The summed E-state index contributed by atoms with van der Waals surface area (Å²) in [5.74, 6) is 4.59. The van der Waals surface area contributed by atoms with Gasteiger partial charge in [0.2, 0.25) is 11.8 Å². The number of amides is 1. The fourth-order valence-corrected chi connectivity index (χ4v) is 5.95. The van der Waals surface area contributed by atoms with Gasteiger partial charge < -0.3 is 19.1 Å². The Morgan fingerprint density at radius 3 is 2.39 bits per heavy atom. The van der Waals surface area contributed by atoms with Gasteiger partial charge in [0.05, 0.1) is 11.3 Å². The van der Waals surface area contributed by atoms with E-state index >= 15 is 0 Å². The molecule has 1 amide bonds. The van der Waals surface area contributed by atoms with Gasteiger partial charge in [0.1, 0.15) is 6.07 Å². The smallest absolute Gasteiger partial charge is 0.254 e. The van der Waals surface area contributed by atoms with Crippen molar-refractivity contribution in [2.45, 2.75) is 39.2 Å². The van der Waals surface area contributed by atoms with E-state index in [0.717, 1.165) is 73.8 Å². The van der Waals surface area contributed by atoms with E-state index in [4.69, 9.17) is 10.8 Å². The minimum absolute atomic E-state index is 0.0785. The molecule has 8 heteroatoms. The van der Waals surface area contributed by atoms with Crippen molar-refractivity contribution in [2.75, 3.05) is 62.2 Å². The van der Waals surface area contributed by atoms with Gasteiger partial charge in [0.15, 0.2) is 5.69 Å². The first-order chi connectivity index (χ1) is 19.9. The zero-order valence-corrected chi connectivity index (χ0v) is 23.9. The van der Waals surface area contributed by atoms with Crippen LogP contribution in [-0.4, -0.2) is 73.0 Å². The Balaban J connectivity index is 1.09. The van der Waals surface area contributed by atoms with Crippen LogP contribution >= 0.6 is 0 Å². The molecular weight excluding hydrogens is 512 g/mol. The number of para-hydroxylation sites is 1. The zero-order chi connectivity index (χ0) is 28.5. The third-order valence-electron chi connectivity index (χ3n) is 8.59. The predicted octanol–water partition coefficient (Wildman–Crippen LogP) is 4.31. The van der Waals surface area contributed by atoms with Gasteiger partial charge in [0.25, 0.3) is 5.91 Å². The Kier molecular flexibility index (Phi) is 7.43. The van der Waals surface area contributed by atoms with Crippen LogP contribution in [-0.2, 0) is 6.54 Å². The molecule has 0 unspecified atom stereocenters. The minimum Gasteiger partial charge on any atom is -0.423 e. The molecular formula is C33H36N6O2. The number of anilines is 2. The zero-order valence-electron chi connectivity index (χ0n) is 23.9. The number of terminal acetylenes is 1. The van der Waals surface area contributed by atoms with Gasteiger partial charge in [-0.15, -0.1) is 6.42 Å². The van der Waals surface area contributed by atoms with Crippen LogP contribution in [0.5, 0.6) is 0 Å². The maximum absolute atomic E-state index is 13.7. The van der Waals surface area contributed by atoms with Crippen molar-refractivity contribution in [1.82, 2.24) is 14.8 Å². The first-order valence-corrected chi connectivity index (χ1v) is 14.5. The van der Waals surface area contributed by atoms with Crippen LogP contribution in [0.1, 0.15) is 63.0 Å². The monoisotopic (exact) mass is 548 g/mol. The van der Waals surface area contributed by atoms with E-state index in [2.05, 4.69) is 50.7 Å². The van der Waals surface area contributed by atoms with Crippen molar-refractivity contribution in [3.8, 4) is 18.4 Å². The van der Waals surface area contributed by atoms with Crippen LogP contribution in [0.25, 0.3) is 0 Å². The predicted molar refractivity (Wildman–Crippen MR) is 159 cm³/mol. The van der Waals surface area contributed by atoms with Crippen molar-refractivity contribution < 1.29 is 9.21 Å². The maximum Gasteiger partial charge on any atom is 0.254 e. The van der Waals surface area contributed by atoms with E-state index in [0.29, 0.717) is 43.7 Å². The van der Waals surface area contributed by atoms with E-state index in [9.17, 15) is 10.1 Å². The van der Waals surface area contributed by atoms with Gasteiger partial charge in [-0.2, -0.15) is 5.26 Å². The topological polar surface area (TPSA) is 79.9 Å². The molecule has 0 radical (unpaired) electrons. The number of nitriles is 1. The third-order valence-corrected chi connectivity index (χ3v) is 8.59. The average Bonchev–Trinajstić information content (AvgIpc) is 3.77. The molecule has 1 aliphatic carbocycles. The summed E-state index contributed by atoms with van der Waals surface area (Å²) < 4.78 is 6.06. The van der Waals surface area contributed by atoms with Gasteiger partial charge in [-0.25, -0.2) is 4.98 Å². The van der Waals surface area contributed by atoms with E-state index < -0.39 is 0 Å². The Labute approximate surface area is 242 Å². The largest absolute Gasteiger partial charge is 0.423 e. The highest BCUT2D eigenvalue weighted by atomic mass is 16.4. The average molecular weight is 549 g/mol. The van der Waals surface area contributed by atoms with E-state index in [-0.39, 0.29) is 5.91 Å². The molecule has 0 spiro atoms. The molecule has 0 atom stereocenters. The molecule has 8 nitrogen and oxygen atoms in total. The number of nitrogens with zero attached hydrogens (tertiary/aromatic N) is 6. The van der Waals surface area contributed by atoms with Crippen molar-refractivity contribution in [3.05, 3.63) is 75.8 Å². The fraction of sp³-hybridized carbons (Fsp3) is 0.424. The standard InChI is InChI=1S/C33H36N6O2/c1-4-29-33(41-31(35-29)25-9-10-25)39-17-15-38(16-18-39)32(40)28-20-27(23(2)19-24(28)3)22-36-11-13-37(14-12-36)30-8-6-5-7-26(30)21-34/h1,5-8,19-20,25H,9-18,22H2,2-3H3. The maximum atomic E-state index is 13.7. The quantitative estimate of drug-likeness (QED) is 0.425. The summed E-state index contributed by atoms with van der Waals surface area (Å²) in [5, 5.41) is 9.49. The summed E-state index contributed by atoms with van der Waals surface area (Å²) in [5.41, 5.74) is 6.49. The molecule has 210 valence electrons. The highest BCUT2D eigenvalue weighted by Crippen LogP contribution is 2.41. The summed E-state index contributed by atoms with van der Waals surface area (Å²) in [6, 6.07) is 14.4. The normalized spacial score (nSPS) is 17.8. The van der Waals surface area contributed by atoms with Gasteiger partial charge in [-0.3, -0.25) is 9.69 Å². The number of piperazine rings is 2. The molecule has 3 aliphatic rings. The summed E-state index contributed by atoms with van der Waals surface area (Å²) in [6.07, 6.45) is 7.93. The Bertz CT molecular complexity index is 1530. The second-order valence-corrected chi connectivity index (χ2v) is 11.4. The molecule has 3 aromatic rings. The number of aromatic nitrogens is 1. The van der Waals surface area contributed by atoms with Crippen LogP contribution in [0.3, 0.4) is 0 Å². The fourth-order valence-electron chi connectivity index (χ4n) is 5.95. The van der Waals surface area contributed by atoms with Crippen LogP contribution < -0.4 is 9.80 Å². The Morgan fingerprint density at radius 1 is 1.00 bits per heavy atom. The summed E-state index contributed by atoms with van der Waals surface area (Å²) in [7, 11) is 0. The van der Waals surface area contributed by atoms with Crippen LogP contribution in [0.15, 0.2) is 40.8 Å². The number of oxazole rings is 1. The molecule has 1 saturated carbocycles. The Hall–Kier alpha value is -4.27. The summed E-state index contributed by atoms with van der Waals surface area (Å²) >= 11 is 0. The van der Waals surface area contributed by atoms with E-state index in [1.54, 1.807) is 0 Å². The lowest BCUT2D eigenvalue weighted by Gasteiger charge is -2.37. The number of hydrogen-bond acceptors (Lipinski definition) is 7. The number of benzene rings is 2. The molecule has 3 heterocycles. The number of carbonyl (C=O) groups is 1. The lowest BCUT2D eigenvalue weighted by molar-refractivity contribution is 0.0744. The van der Waals surface area contributed by atoms with Gasteiger partial charge in [-0.1, -0.05) is 18.2 Å². The molecule has 0 N–H and O–H groups in total. The van der Waals surface area contributed by atoms with Gasteiger partial charge >= 0.3 is 0 Å². The summed E-state index contributed by atoms with van der Waals surface area (Å²) in [4.78, 5) is 27.0. The van der Waals surface area contributed by atoms with E-state index in [1.165, 1.54) is 11.1 Å². The van der Waals surface area contributed by atoms with Crippen molar-refractivity contribution in [1.29, 1.82) is 5.26 Å².